The summed E-state index contributed by atoms with van der Waals surface area (Å²) >= 11 is 7.68. The van der Waals surface area contributed by atoms with E-state index in [4.69, 9.17) is 11.6 Å². The molecule has 1 fully saturated rings. The van der Waals surface area contributed by atoms with E-state index in [1.165, 1.54) is 24.9 Å². The van der Waals surface area contributed by atoms with Crippen molar-refractivity contribution in [3.63, 3.8) is 0 Å². The minimum Gasteiger partial charge on any atom is -0.345 e. The number of piperidine rings is 1. The van der Waals surface area contributed by atoms with Crippen molar-refractivity contribution in [1.29, 1.82) is 0 Å². The van der Waals surface area contributed by atoms with Crippen molar-refractivity contribution >= 4 is 29.3 Å². The molecule has 1 amide bonds. The lowest BCUT2D eigenvalue weighted by molar-refractivity contribution is -0.130. The number of carbonyl (C=O) groups excluding carboxylic acids is 1. The number of nitrogens with zero attached hydrogens (tertiary/aromatic N) is 2. The molecule has 5 heteroatoms. The Labute approximate surface area is 155 Å². The zero-order valence-electron chi connectivity index (χ0n) is 14.8. The summed E-state index contributed by atoms with van der Waals surface area (Å²) in [5.41, 5.74) is 1.34. The minimum absolute atomic E-state index is 0.280. The number of amides is 1. The van der Waals surface area contributed by atoms with Gasteiger partial charge in [-0.15, -0.1) is 0 Å². The van der Waals surface area contributed by atoms with Crippen LogP contribution in [-0.2, 0) is 11.2 Å². The Bertz CT molecular complexity index is 509. The monoisotopic (exact) mass is 368 g/mol. The third-order valence-electron chi connectivity index (χ3n) is 4.71. The summed E-state index contributed by atoms with van der Waals surface area (Å²) in [6.45, 7) is 4.26. The van der Waals surface area contributed by atoms with E-state index < -0.39 is 0 Å². The van der Waals surface area contributed by atoms with E-state index in [9.17, 15) is 4.79 Å². The highest BCUT2D eigenvalue weighted by Gasteiger charge is 2.22. The highest BCUT2D eigenvalue weighted by Crippen LogP contribution is 2.18. The van der Waals surface area contributed by atoms with Crippen molar-refractivity contribution in [3.8, 4) is 0 Å². The standard InChI is InChI=1S/C19H29ClN2OS/c1-21(19(23)10-13-24-2)14-17-4-3-11-22(15-17)12-9-16-5-7-18(20)8-6-16/h5-8,17H,3-4,9-15H2,1-2H3/t17-/m1/s1. The van der Waals surface area contributed by atoms with E-state index in [0.717, 1.165) is 36.8 Å². The summed E-state index contributed by atoms with van der Waals surface area (Å²) in [5, 5.41) is 0.797. The van der Waals surface area contributed by atoms with E-state index in [1.807, 2.05) is 30.3 Å². The Morgan fingerprint density at radius 2 is 2.12 bits per heavy atom. The molecule has 24 heavy (non-hydrogen) atoms. The lowest BCUT2D eigenvalue weighted by Crippen LogP contribution is -2.42. The summed E-state index contributed by atoms with van der Waals surface area (Å²) in [5.74, 6) is 1.80. The van der Waals surface area contributed by atoms with Gasteiger partial charge < -0.3 is 9.80 Å². The lowest BCUT2D eigenvalue weighted by atomic mass is 9.97. The molecule has 1 heterocycles. The van der Waals surface area contributed by atoms with Crippen LogP contribution in [0.1, 0.15) is 24.8 Å². The first-order chi connectivity index (χ1) is 11.6. The molecule has 0 saturated carbocycles. The topological polar surface area (TPSA) is 23.6 Å². The molecule has 0 unspecified atom stereocenters. The molecule has 0 radical (unpaired) electrons. The van der Waals surface area contributed by atoms with Crippen LogP contribution in [-0.4, -0.2) is 60.9 Å². The maximum atomic E-state index is 12.1. The van der Waals surface area contributed by atoms with Gasteiger partial charge in [0.2, 0.25) is 5.91 Å². The molecule has 0 aromatic heterocycles. The normalized spacial score (nSPS) is 18.5. The fourth-order valence-electron chi connectivity index (χ4n) is 3.31. The molecule has 1 aliphatic heterocycles. The summed E-state index contributed by atoms with van der Waals surface area (Å²) in [6, 6.07) is 8.15. The lowest BCUT2D eigenvalue weighted by Gasteiger charge is -2.34. The summed E-state index contributed by atoms with van der Waals surface area (Å²) in [4.78, 5) is 16.6. The third-order valence-corrected chi connectivity index (χ3v) is 5.58. The molecule has 1 aromatic carbocycles. The molecular formula is C19H29ClN2OS. The van der Waals surface area contributed by atoms with Gasteiger partial charge in [-0.25, -0.2) is 0 Å². The molecule has 3 nitrogen and oxygen atoms in total. The number of likely N-dealkylation sites (tertiary alicyclic amines) is 1. The zero-order valence-corrected chi connectivity index (χ0v) is 16.4. The Balaban J connectivity index is 1.74. The molecule has 1 aromatic rings. The SMILES string of the molecule is CSCCC(=O)N(C)C[C@H]1CCCN(CCc2ccc(Cl)cc2)C1. The second kappa shape index (κ2) is 10.3. The highest BCUT2D eigenvalue weighted by atomic mass is 35.5. The predicted molar refractivity (Wildman–Crippen MR) is 105 cm³/mol. The molecule has 1 aliphatic rings. The Hall–Kier alpha value is -0.710. The first-order valence-electron chi connectivity index (χ1n) is 8.78. The van der Waals surface area contributed by atoms with Crippen molar-refractivity contribution in [3.05, 3.63) is 34.9 Å². The van der Waals surface area contributed by atoms with Gasteiger partial charge in [0.05, 0.1) is 0 Å². The van der Waals surface area contributed by atoms with Crippen LogP contribution in [0.3, 0.4) is 0 Å². The van der Waals surface area contributed by atoms with Crippen LogP contribution >= 0.6 is 23.4 Å². The van der Waals surface area contributed by atoms with Gasteiger partial charge >= 0.3 is 0 Å². The van der Waals surface area contributed by atoms with Crippen molar-refractivity contribution < 1.29 is 4.79 Å². The molecule has 0 spiro atoms. The van der Waals surface area contributed by atoms with Crippen molar-refractivity contribution in [2.75, 3.05) is 45.2 Å². The smallest absolute Gasteiger partial charge is 0.223 e. The van der Waals surface area contributed by atoms with E-state index >= 15 is 0 Å². The van der Waals surface area contributed by atoms with Gasteiger partial charge in [0.1, 0.15) is 0 Å². The number of thioether (sulfide) groups is 1. The fraction of sp³-hybridized carbons (Fsp3) is 0.632. The fourth-order valence-corrected chi connectivity index (χ4v) is 3.82. The number of benzene rings is 1. The van der Waals surface area contributed by atoms with Crippen molar-refractivity contribution in [2.24, 2.45) is 5.92 Å². The molecular weight excluding hydrogens is 340 g/mol. The number of carbonyl (C=O) groups is 1. The second-order valence-corrected chi connectivity index (χ2v) is 8.12. The van der Waals surface area contributed by atoms with Gasteiger partial charge in [0.15, 0.2) is 0 Å². The number of hydrogen-bond donors (Lipinski definition) is 0. The maximum Gasteiger partial charge on any atom is 0.223 e. The third kappa shape index (κ3) is 6.66. The van der Waals surface area contributed by atoms with Crippen LogP contribution in [0.2, 0.25) is 5.02 Å². The van der Waals surface area contributed by atoms with E-state index in [-0.39, 0.29) is 5.91 Å². The number of hydrogen-bond acceptors (Lipinski definition) is 3. The van der Waals surface area contributed by atoms with Gasteiger partial charge in [-0.2, -0.15) is 11.8 Å². The van der Waals surface area contributed by atoms with Crippen LogP contribution in [0.15, 0.2) is 24.3 Å². The molecule has 2 rings (SSSR count). The largest absolute Gasteiger partial charge is 0.345 e. The molecule has 0 aliphatic carbocycles. The Morgan fingerprint density at radius 3 is 2.83 bits per heavy atom. The molecule has 134 valence electrons. The Kier molecular flexibility index (Phi) is 8.43. The van der Waals surface area contributed by atoms with Gasteiger partial charge in [0.25, 0.3) is 0 Å². The minimum atomic E-state index is 0.280. The number of rotatable bonds is 8. The highest BCUT2D eigenvalue weighted by molar-refractivity contribution is 7.98. The van der Waals surface area contributed by atoms with Crippen LogP contribution < -0.4 is 0 Å². The van der Waals surface area contributed by atoms with E-state index in [0.29, 0.717) is 12.3 Å². The summed E-state index contributed by atoms with van der Waals surface area (Å²) in [6.07, 6.45) is 6.24. The van der Waals surface area contributed by atoms with Crippen LogP contribution in [0.25, 0.3) is 0 Å². The first kappa shape index (κ1) is 19.6. The molecule has 1 atom stereocenters. The molecule has 1 saturated heterocycles. The average Bonchev–Trinajstić information content (AvgIpc) is 2.59. The second-order valence-electron chi connectivity index (χ2n) is 6.70. The average molecular weight is 369 g/mol. The number of halogens is 1. The van der Waals surface area contributed by atoms with E-state index in [1.54, 1.807) is 11.8 Å². The quantitative estimate of drug-likeness (QED) is 0.697. The maximum absolute atomic E-state index is 12.1. The van der Waals surface area contributed by atoms with E-state index in [2.05, 4.69) is 17.0 Å². The van der Waals surface area contributed by atoms with Gasteiger partial charge in [0, 0.05) is 43.9 Å². The Morgan fingerprint density at radius 1 is 1.38 bits per heavy atom. The van der Waals surface area contributed by atoms with Crippen molar-refractivity contribution in [1.82, 2.24) is 9.80 Å². The van der Waals surface area contributed by atoms with Gasteiger partial charge in [-0.05, 0) is 55.7 Å². The van der Waals surface area contributed by atoms with Gasteiger partial charge in [-0.1, -0.05) is 23.7 Å². The zero-order chi connectivity index (χ0) is 17.4. The van der Waals surface area contributed by atoms with Crippen LogP contribution in [0.5, 0.6) is 0 Å². The van der Waals surface area contributed by atoms with Gasteiger partial charge in [-0.3, -0.25) is 4.79 Å². The van der Waals surface area contributed by atoms with Crippen LogP contribution in [0.4, 0.5) is 0 Å². The summed E-state index contributed by atoms with van der Waals surface area (Å²) < 4.78 is 0. The first-order valence-corrected chi connectivity index (χ1v) is 10.6. The molecule has 0 N–H and O–H groups in total. The van der Waals surface area contributed by atoms with Crippen LogP contribution in [0, 0.1) is 5.92 Å². The summed E-state index contributed by atoms with van der Waals surface area (Å²) in [7, 11) is 1.95. The molecule has 0 bridgehead atoms. The predicted octanol–water partition coefficient (Wildman–Crippen LogP) is 3.81. The van der Waals surface area contributed by atoms with Crippen molar-refractivity contribution in [2.45, 2.75) is 25.7 Å².